The zero-order valence-electron chi connectivity index (χ0n) is 17.3. The van der Waals surface area contributed by atoms with Crippen LogP contribution in [-0.4, -0.2) is 30.1 Å². The summed E-state index contributed by atoms with van der Waals surface area (Å²) in [4.78, 5) is 23.9. The molecule has 0 saturated heterocycles. The van der Waals surface area contributed by atoms with Gasteiger partial charge in [0.1, 0.15) is 12.3 Å². The van der Waals surface area contributed by atoms with Crippen molar-refractivity contribution in [2.24, 2.45) is 0 Å². The summed E-state index contributed by atoms with van der Waals surface area (Å²) < 4.78 is 4.81. The van der Waals surface area contributed by atoms with Crippen LogP contribution in [0.5, 0.6) is 0 Å². The van der Waals surface area contributed by atoms with Crippen LogP contribution in [-0.2, 0) is 14.3 Å². The van der Waals surface area contributed by atoms with E-state index in [2.05, 4.69) is 5.32 Å². The van der Waals surface area contributed by atoms with Crippen LogP contribution in [0.25, 0.3) is 22.5 Å². The SMILES string of the molecule is C/C=C(/C)c1c(/C(O)=C(\C)C(=O)NCC(=O)OCC)cccc1-c1ccccc1. The smallest absolute Gasteiger partial charge is 0.325 e. The van der Waals surface area contributed by atoms with E-state index in [1.54, 1.807) is 13.0 Å². The molecule has 0 radical (unpaired) electrons. The average Bonchev–Trinajstić information content (AvgIpc) is 2.76. The first-order chi connectivity index (χ1) is 13.9. The standard InChI is InChI=1S/C24H27NO4/c1-5-16(3)22-19(18-11-8-7-9-12-18)13-10-14-20(22)23(27)17(4)24(28)25-15-21(26)29-6-2/h5,7-14,27H,6,15H2,1-4H3,(H,25,28)/b16-5-,23-17-. The van der Waals surface area contributed by atoms with Crippen molar-refractivity contribution >= 4 is 23.2 Å². The quantitative estimate of drug-likeness (QED) is 0.405. The number of carbonyl (C=O) groups excluding carboxylic acids is 2. The molecule has 152 valence electrons. The molecule has 5 nitrogen and oxygen atoms in total. The molecule has 0 heterocycles. The number of esters is 1. The van der Waals surface area contributed by atoms with E-state index in [1.807, 2.05) is 62.4 Å². The Hall–Kier alpha value is -3.34. The number of hydrogen-bond donors (Lipinski definition) is 2. The molecule has 2 rings (SSSR count). The number of ether oxygens (including phenoxy) is 1. The Bertz CT molecular complexity index is 943. The second-order valence-electron chi connectivity index (χ2n) is 6.53. The van der Waals surface area contributed by atoms with Gasteiger partial charge in [-0.1, -0.05) is 54.6 Å². The molecule has 2 aromatic carbocycles. The van der Waals surface area contributed by atoms with Gasteiger partial charge >= 0.3 is 5.97 Å². The number of carbonyl (C=O) groups is 2. The summed E-state index contributed by atoms with van der Waals surface area (Å²) in [6.07, 6.45) is 1.97. The van der Waals surface area contributed by atoms with Gasteiger partial charge in [-0.25, -0.2) is 0 Å². The highest BCUT2D eigenvalue weighted by molar-refractivity contribution is 6.01. The van der Waals surface area contributed by atoms with Crippen LogP contribution < -0.4 is 5.32 Å². The van der Waals surface area contributed by atoms with Gasteiger partial charge in [-0.15, -0.1) is 0 Å². The second kappa shape index (κ2) is 10.3. The molecule has 0 aromatic heterocycles. The van der Waals surface area contributed by atoms with Gasteiger partial charge in [-0.3, -0.25) is 9.59 Å². The first kappa shape index (κ1) is 22.0. The number of rotatable bonds is 7. The van der Waals surface area contributed by atoms with Gasteiger partial charge in [-0.2, -0.15) is 0 Å². The number of aliphatic hydroxyl groups excluding tert-OH is 1. The molecule has 0 bridgehead atoms. The minimum absolute atomic E-state index is 0.125. The summed E-state index contributed by atoms with van der Waals surface area (Å²) in [7, 11) is 0. The monoisotopic (exact) mass is 393 g/mol. The fourth-order valence-corrected chi connectivity index (χ4v) is 2.98. The maximum atomic E-state index is 12.4. The van der Waals surface area contributed by atoms with Crippen molar-refractivity contribution in [3.63, 3.8) is 0 Å². The fraction of sp³-hybridized carbons (Fsp3) is 0.250. The Kier molecular flexibility index (Phi) is 7.78. The number of allylic oxidation sites excluding steroid dienone is 2. The van der Waals surface area contributed by atoms with Gasteiger partial charge in [0.05, 0.1) is 12.2 Å². The molecule has 29 heavy (non-hydrogen) atoms. The number of benzene rings is 2. The van der Waals surface area contributed by atoms with E-state index in [0.29, 0.717) is 5.56 Å². The van der Waals surface area contributed by atoms with E-state index in [1.165, 1.54) is 6.92 Å². The van der Waals surface area contributed by atoms with Gasteiger partial charge in [0.2, 0.25) is 0 Å². The van der Waals surface area contributed by atoms with E-state index < -0.39 is 11.9 Å². The molecule has 1 amide bonds. The second-order valence-corrected chi connectivity index (χ2v) is 6.53. The summed E-state index contributed by atoms with van der Waals surface area (Å²) in [5.74, 6) is -1.17. The van der Waals surface area contributed by atoms with Crippen molar-refractivity contribution in [3.8, 4) is 11.1 Å². The molecule has 0 atom stereocenters. The summed E-state index contributed by atoms with van der Waals surface area (Å²) >= 11 is 0. The molecule has 0 aliphatic carbocycles. The Morgan fingerprint density at radius 3 is 2.38 bits per heavy atom. The third kappa shape index (κ3) is 5.35. The maximum absolute atomic E-state index is 12.4. The highest BCUT2D eigenvalue weighted by Gasteiger charge is 2.19. The van der Waals surface area contributed by atoms with Crippen LogP contribution in [0.15, 0.2) is 60.2 Å². The van der Waals surface area contributed by atoms with E-state index in [-0.39, 0.29) is 24.5 Å². The minimum Gasteiger partial charge on any atom is -0.507 e. The molecular weight excluding hydrogens is 366 g/mol. The summed E-state index contributed by atoms with van der Waals surface area (Å²) in [5.41, 5.74) is 4.50. The molecule has 2 aromatic rings. The molecular formula is C24H27NO4. The fourth-order valence-electron chi connectivity index (χ4n) is 2.98. The zero-order valence-corrected chi connectivity index (χ0v) is 17.3. The molecule has 0 spiro atoms. The molecule has 0 aliphatic rings. The third-order valence-corrected chi connectivity index (χ3v) is 4.63. The lowest BCUT2D eigenvalue weighted by Gasteiger charge is -2.17. The van der Waals surface area contributed by atoms with Crippen LogP contribution in [0.2, 0.25) is 0 Å². The molecule has 5 heteroatoms. The lowest BCUT2D eigenvalue weighted by atomic mass is 9.89. The summed E-state index contributed by atoms with van der Waals surface area (Å²) in [5, 5.41) is 13.4. The van der Waals surface area contributed by atoms with Crippen LogP contribution in [0.4, 0.5) is 0 Å². The Balaban J connectivity index is 2.48. The Labute approximate surface area is 171 Å². The summed E-state index contributed by atoms with van der Waals surface area (Å²) in [6.45, 7) is 7.12. The molecule has 0 unspecified atom stereocenters. The van der Waals surface area contributed by atoms with E-state index in [0.717, 1.165) is 22.3 Å². The highest BCUT2D eigenvalue weighted by Crippen LogP contribution is 2.35. The molecule has 0 aliphatic heterocycles. The van der Waals surface area contributed by atoms with Crippen molar-refractivity contribution in [1.29, 1.82) is 0 Å². The first-order valence-electron chi connectivity index (χ1n) is 9.56. The van der Waals surface area contributed by atoms with Gasteiger partial charge in [0.25, 0.3) is 5.91 Å². The van der Waals surface area contributed by atoms with Crippen LogP contribution in [0.3, 0.4) is 0 Å². The van der Waals surface area contributed by atoms with Gasteiger partial charge in [-0.05, 0) is 50.0 Å². The van der Waals surface area contributed by atoms with Crippen molar-refractivity contribution < 1.29 is 19.4 Å². The summed E-state index contributed by atoms with van der Waals surface area (Å²) in [6, 6.07) is 15.5. The first-order valence-corrected chi connectivity index (χ1v) is 9.56. The van der Waals surface area contributed by atoms with Crippen molar-refractivity contribution in [1.82, 2.24) is 5.32 Å². The van der Waals surface area contributed by atoms with Crippen LogP contribution in [0, 0.1) is 0 Å². The minimum atomic E-state index is -0.523. The number of hydrogen-bond acceptors (Lipinski definition) is 4. The van der Waals surface area contributed by atoms with E-state index in [4.69, 9.17) is 4.74 Å². The maximum Gasteiger partial charge on any atom is 0.325 e. The largest absolute Gasteiger partial charge is 0.507 e. The van der Waals surface area contributed by atoms with E-state index >= 15 is 0 Å². The van der Waals surface area contributed by atoms with Crippen molar-refractivity contribution in [2.75, 3.05) is 13.2 Å². The lowest BCUT2D eigenvalue weighted by Crippen LogP contribution is -2.31. The zero-order chi connectivity index (χ0) is 21.4. The van der Waals surface area contributed by atoms with Crippen molar-refractivity contribution in [2.45, 2.75) is 27.7 Å². The Morgan fingerprint density at radius 1 is 1.07 bits per heavy atom. The van der Waals surface area contributed by atoms with Gasteiger partial charge in [0, 0.05) is 5.56 Å². The topological polar surface area (TPSA) is 75.6 Å². The number of amides is 1. The number of nitrogens with one attached hydrogen (secondary N) is 1. The predicted octanol–water partition coefficient (Wildman–Crippen LogP) is 4.75. The van der Waals surface area contributed by atoms with Crippen LogP contribution in [0.1, 0.15) is 38.8 Å². The third-order valence-electron chi connectivity index (χ3n) is 4.63. The van der Waals surface area contributed by atoms with Crippen molar-refractivity contribution in [3.05, 3.63) is 71.3 Å². The highest BCUT2D eigenvalue weighted by atomic mass is 16.5. The normalized spacial score (nSPS) is 12.2. The Morgan fingerprint density at radius 2 is 1.76 bits per heavy atom. The van der Waals surface area contributed by atoms with Gasteiger partial charge < -0.3 is 15.2 Å². The predicted molar refractivity (Wildman–Crippen MR) is 116 cm³/mol. The molecule has 0 saturated carbocycles. The lowest BCUT2D eigenvalue weighted by molar-refractivity contribution is -0.143. The van der Waals surface area contributed by atoms with E-state index in [9.17, 15) is 14.7 Å². The molecule has 0 fully saturated rings. The van der Waals surface area contributed by atoms with Crippen LogP contribution >= 0.6 is 0 Å². The molecule has 2 N–H and O–H groups in total. The van der Waals surface area contributed by atoms with Gasteiger partial charge in [0.15, 0.2) is 0 Å². The average molecular weight is 393 g/mol. The number of aliphatic hydroxyl groups is 1.